The molecule has 3 amide bonds. The maximum absolute atomic E-state index is 12.9. The van der Waals surface area contributed by atoms with E-state index in [2.05, 4.69) is 28.6 Å². The van der Waals surface area contributed by atoms with Gasteiger partial charge in [0.1, 0.15) is 23.9 Å². The Morgan fingerprint density at radius 2 is 1.42 bits per heavy atom. The number of carboxylic acids is 2. The Labute approximate surface area is 213 Å². The molecule has 0 aliphatic heterocycles. The van der Waals surface area contributed by atoms with Gasteiger partial charge in [-0.3, -0.25) is 19.2 Å². The van der Waals surface area contributed by atoms with E-state index < -0.39 is 60.2 Å². The van der Waals surface area contributed by atoms with Gasteiger partial charge in [0.25, 0.3) is 0 Å². The predicted octanol–water partition coefficient (Wildman–Crippen LogP) is -1.67. The summed E-state index contributed by atoms with van der Waals surface area (Å²) in [5.74, 6) is -5.49. The largest absolute Gasteiger partial charge is 0.508 e. The molecule has 0 radical (unpaired) electrons. The first-order valence-corrected chi connectivity index (χ1v) is 11.8. The van der Waals surface area contributed by atoms with Crippen molar-refractivity contribution < 1.29 is 39.3 Å². The van der Waals surface area contributed by atoms with Crippen LogP contribution in [-0.4, -0.2) is 81.4 Å². The number of phenolic OH excluding ortho intramolecular Hbond substituents is 1. The lowest BCUT2D eigenvalue weighted by molar-refractivity contribution is -0.147. The van der Waals surface area contributed by atoms with Crippen molar-refractivity contribution in [2.75, 3.05) is 12.3 Å². The van der Waals surface area contributed by atoms with Crippen molar-refractivity contribution in [3.8, 4) is 5.75 Å². The fourth-order valence-corrected chi connectivity index (χ4v) is 3.37. The molecule has 0 aliphatic rings. The third-order valence-electron chi connectivity index (χ3n) is 5.12. The second-order valence-corrected chi connectivity index (χ2v) is 8.43. The number of carboxylic acid groups (broad SMARTS) is 2. The average molecular weight is 528 g/mol. The molecule has 0 saturated heterocycles. The highest BCUT2D eigenvalue weighted by atomic mass is 32.1. The smallest absolute Gasteiger partial charge is 0.326 e. The van der Waals surface area contributed by atoms with Crippen molar-refractivity contribution in [1.29, 1.82) is 0 Å². The molecule has 10 N–H and O–H groups in total. The molecule has 200 valence electrons. The van der Waals surface area contributed by atoms with Crippen LogP contribution in [0.15, 0.2) is 24.3 Å². The Hall–Kier alpha value is -3.36. The molecule has 0 fully saturated rings. The lowest BCUT2D eigenvalue weighted by Gasteiger charge is -2.24. The van der Waals surface area contributed by atoms with Crippen molar-refractivity contribution >= 4 is 42.3 Å². The number of nitrogens with one attached hydrogen (secondary N) is 3. The molecule has 0 bridgehead atoms. The first kappa shape index (κ1) is 30.7. The number of unbranched alkanes of at least 4 members (excludes halogenated alkanes) is 1. The maximum Gasteiger partial charge on any atom is 0.326 e. The minimum atomic E-state index is -1.74. The Morgan fingerprint density at radius 1 is 0.861 bits per heavy atom. The minimum Gasteiger partial charge on any atom is -0.508 e. The number of aliphatic carboxylic acids is 2. The van der Waals surface area contributed by atoms with Gasteiger partial charge >= 0.3 is 11.9 Å². The molecule has 36 heavy (non-hydrogen) atoms. The highest BCUT2D eigenvalue weighted by molar-refractivity contribution is 7.80. The summed E-state index contributed by atoms with van der Waals surface area (Å²) < 4.78 is 0. The summed E-state index contributed by atoms with van der Waals surface area (Å²) in [4.78, 5) is 60.5. The predicted molar refractivity (Wildman–Crippen MR) is 132 cm³/mol. The van der Waals surface area contributed by atoms with Crippen molar-refractivity contribution in [2.45, 2.75) is 56.3 Å². The molecule has 0 saturated carbocycles. The van der Waals surface area contributed by atoms with Gasteiger partial charge in [-0.1, -0.05) is 18.6 Å². The highest BCUT2D eigenvalue weighted by Crippen LogP contribution is 2.12. The van der Waals surface area contributed by atoms with E-state index in [4.69, 9.17) is 16.6 Å². The minimum absolute atomic E-state index is 0.0307. The van der Waals surface area contributed by atoms with Gasteiger partial charge in [0, 0.05) is 12.2 Å². The standard InChI is InChI=1S/C22H33N5O8S/c23-8-2-1-3-14(24)19(31)27-17(11-36)21(33)25-15(9-12-4-6-13(28)7-5-12)20(32)26-16(22(34)35)10-18(29)30/h4-7,14-17,28,36H,1-3,8-11,23-24H2,(H,25,33)(H,26,32)(H,27,31)(H,29,30)(H,34,35). The quantitative estimate of drug-likeness (QED) is 0.0876. The van der Waals surface area contributed by atoms with Crippen molar-refractivity contribution in [3.63, 3.8) is 0 Å². The number of hydrogen-bond donors (Lipinski definition) is 9. The van der Waals surface area contributed by atoms with E-state index in [1.807, 2.05) is 0 Å². The van der Waals surface area contributed by atoms with Crippen LogP contribution in [0.2, 0.25) is 0 Å². The van der Waals surface area contributed by atoms with Crippen LogP contribution in [0.3, 0.4) is 0 Å². The molecule has 0 aliphatic carbocycles. The van der Waals surface area contributed by atoms with Gasteiger partial charge in [-0.15, -0.1) is 0 Å². The van der Waals surface area contributed by atoms with Gasteiger partial charge in [-0.25, -0.2) is 4.79 Å². The summed E-state index contributed by atoms with van der Waals surface area (Å²) in [5.41, 5.74) is 11.8. The van der Waals surface area contributed by atoms with Gasteiger partial charge in [0.2, 0.25) is 17.7 Å². The topological polar surface area (TPSA) is 234 Å². The van der Waals surface area contributed by atoms with Gasteiger partial charge < -0.3 is 42.7 Å². The second kappa shape index (κ2) is 15.6. The zero-order valence-electron chi connectivity index (χ0n) is 19.6. The lowest BCUT2D eigenvalue weighted by Crippen LogP contribution is -2.58. The summed E-state index contributed by atoms with van der Waals surface area (Å²) in [6.45, 7) is 0.454. The number of carbonyl (C=O) groups is 5. The number of amides is 3. The number of nitrogens with two attached hydrogens (primary N) is 2. The van der Waals surface area contributed by atoms with Crippen LogP contribution in [0.1, 0.15) is 31.2 Å². The van der Waals surface area contributed by atoms with E-state index in [0.717, 1.165) is 0 Å². The van der Waals surface area contributed by atoms with Crippen LogP contribution in [0.5, 0.6) is 5.75 Å². The molecule has 1 aromatic rings. The maximum atomic E-state index is 12.9. The van der Waals surface area contributed by atoms with Crippen molar-refractivity contribution in [1.82, 2.24) is 16.0 Å². The number of phenols is 1. The molecule has 1 rings (SSSR count). The van der Waals surface area contributed by atoms with Gasteiger partial charge in [0.05, 0.1) is 12.5 Å². The first-order chi connectivity index (χ1) is 17.0. The molecule has 0 heterocycles. The molecule has 14 heteroatoms. The van der Waals surface area contributed by atoms with E-state index in [1.165, 1.54) is 24.3 Å². The summed E-state index contributed by atoms with van der Waals surface area (Å²) in [5, 5.41) is 34.7. The summed E-state index contributed by atoms with van der Waals surface area (Å²) in [6.07, 6.45) is 0.668. The number of thiol groups is 1. The fourth-order valence-electron chi connectivity index (χ4n) is 3.11. The SMILES string of the molecule is NCCCCC(N)C(=O)NC(CS)C(=O)NC(Cc1ccc(O)cc1)C(=O)NC(CC(=O)O)C(=O)O. The molecule has 4 unspecified atom stereocenters. The Morgan fingerprint density at radius 3 is 1.94 bits per heavy atom. The van der Waals surface area contributed by atoms with Crippen molar-refractivity contribution in [3.05, 3.63) is 29.8 Å². The number of benzene rings is 1. The van der Waals surface area contributed by atoms with Gasteiger partial charge in [-0.2, -0.15) is 12.6 Å². The van der Waals surface area contributed by atoms with Crippen molar-refractivity contribution in [2.24, 2.45) is 11.5 Å². The van der Waals surface area contributed by atoms with Crippen LogP contribution in [0.4, 0.5) is 0 Å². The number of carbonyl (C=O) groups excluding carboxylic acids is 3. The zero-order chi connectivity index (χ0) is 27.3. The van der Waals surface area contributed by atoms with E-state index in [0.29, 0.717) is 31.4 Å². The van der Waals surface area contributed by atoms with E-state index in [1.54, 1.807) is 0 Å². The third-order valence-corrected chi connectivity index (χ3v) is 5.49. The zero-order valence-corrected chi connectivity index (χ0v) is 20.4. The molecule has 4 atom stereocenters. The van der Waals surface area contributed by atoms with Gasteiger partial charge in [0.15, 0.2) is 0 Å². The number of aromatic hydroxyl groups is 1. The van der Waals surface area contributed by atoms with Crippen LogP contribution >= 0.6 is 12.6 Å². The lowest BCUT2D eigenvalue weighted by atomic mass is 10.0. The first-order valence-electron chi connectivity index (χ1n) is 11.2. The molecule has 0 aromatic heterocycles. The molecule has 1 aromatic carbocycles. The fraction of sp³-hybridized carbons (Fsp3) is 0.500. The van der Waals surface area contributed by atoms with Crippen LogP contribution in [0.25, 0.3) is 0 Å². The monoisotopic (exact) mass is 527 g/mol. The summed E-state index contributed by atoms with van der Waals surface area (Å²) in [6, 6.07) is 0.591. The molecular formula is C22H33N5O8S. The Bertz CT molecular complexity index is 914. The van der Waals surface area contributed by atoms with Gasteiger partial charge in [-0.05, 0) is 37.1 Å². The van der Waals surface area contributed by atoms with Crippen LogP contribution in [-0.2, 0) is 30.4 Å². The molecular weight excluding hydrogens is 494 g/mol. The second-order valence-electron chi connectivity index (χ2n) is 8.06. The summed E-state index contributed by atoms with van der Waals surface area (Å²) in [7, 11) is 0. The molecule has 0 spiro atoms. The Balaban J connectivity index is 3.00. The van der Waals surface area contributed by atoms with Crippen LogP contribution in [0, 0.1) is 0 Å². The third kappa shape index (κ3) is 10.9. The van der Waals surface area contributed by atoms with Crippen LogP contribution < -0.4 is 27.4 Å². The number of hydrogen-bond acceptors (Lipinski definition) is 9. The van der Waals surface area contributed by atoms with E-state index in [9.17, 15) is 34.2 Å². The molecule has 13 nitrogen and oxygen atoms in total. The highest BCUT2D eigenvalue weighted by Gasteiger charge is 2.31. The van der Waals surface area contributed by atoms with E-state index in [-0.39, 0.29) is 17.9 Å². The summed E-state index contributed by atoms with van der Waals surface area (Å²) >= 11 is 4.08. The normalized spacial score (nSPS) is 14.1. The van der Waals surface area contributed by atoms with E-state index >= 15 is 0 Å². The Kier molecular flexibility index (Phi) is 13.3. The average Bonchev–Trinajstić information content (AvgIpc) is 2.82. The number of rotatable bonds is 16.